The fourth-order valence-electron chi connectivity index (χ4n) is 1.33. The average Bonchev–Trinajstić information content (AvgIpc) is 2.19. The first-order valence-electron chi connectivity index (χ1n) is 4.81. The summed E-state index contributed by atoms with van der Waals surface area (Å²) in [5.41, 5.74) is 0.825. The van der Waals surface area contributed by atoms with Gasteiger partial charge in [-0.05, 0) is 39.2 Å². The molecule has 1 aromatic rings. The van der Waals surface area contributed by atoms with Gasteiger partial charge < -0.3 is 10.0 Å². The Kier molecular flexibility index (Phi) is 3.99. The molecule has 0 fully saturated rings. The molecule has 1 unspecified atom stereocenters. The van der Waals surface area contributed by atoms with Crippen molar-refractivity contribution >= 4 is 21.6 Å². The van der Waals surface area contributed by atoms with Crippen molar-refractivity contribution in [3.8, 4) is 5.75 Å². The van der Waals surface area contributed by atoms with Gasteiger partial charge in [0.15, 0.2) is 0 Å². The van der Waals surface area contributed by atoms with Crippen LogP contribution in [0.5, 0.6) is 5.75 Å². The van der Waals surface area contributed by atoms with Crippen LogP contribution >= 0.6 is 15.9 Å². The Morgan fingerprint density at radius 1 is 1.27 bits per heavy atom. The standard InChI is InChI=1S/C11H17BrN2O/c1-8(13(2)3)14(4)10-7-9(12)5-6-11(10)15/h5-8,15H,1-4H3. The summed E-state index contributed by atoms with van der Waals surface area (Å²) >= 11 is 3.40. The molecule has 1 atom stereocenters. The molecule has 0 heterocycles. The van der Waals surface area contributed by atoms with Crippen LogP contribution in [0.25, 0.3) is 0 Å². The van der Waals surface area contributed by atoms with E-state index in [9.17, 15) is 5.11 Å². The number of phenolic OH excluding ortho intramolecular Hbond substituents is 1. The lowest BCUT2D eigenvalue weighted by Gasteiger charge is -2.32. The topological polar surface area (TPSA) is 26.7 Å². The maximum absolute atomic E-state index is 9.76. The van der Waals surface area contributed by atoms with E-state index in [0.29, 0.717) is 5.75 Å². The summed E-state index contributed by atoms with van der Waals surface area (Å²) in [6, 6.07) is 5.43. The highest BCUT2D eigenvalue weighted by atomic mass is 79.9. The van der Waals surface area contributed by atoms with E-state index in [1.807, 2.05) is 38.2 Å². The van der Waals surface area contributed by atoms with Crippen LogP contribution in [0.4, 0.5) is 5.69 Å². The number of hydrogen-bond donors (Lipinski definition) is 1. The molecule has 0 amide bonds. The molecule has 0 aliphatic carbocycles. The number of phenols is 1. The number of hydrogen-bond acceptors (Lipinski definition) is 3. The van der Waals surface area contributed by atoms with Gasteiger partial charge in [-0.25, -0.2) is 0 Å². The van der Waals surface area contributed by atoms with Gasteiger partial charge in [0.2, 0.25) is 0 Å². The Morgan fingerprint density at radius 3 is 2.40 bits per heavy atom. The molecule has 0 aliphatic rings. The summed E-state index contributed by atoms with van der Waals surface area (Å²) in [6.07, 6.45) is 0.227. The molecule has 0 spiro atoms. The summed E-state index contributed by atoms with van der Waals surface area (Å²) in [4.78, 5) is 4.11. The third kappa shape index (κ3) is 2.86. The lowest BCUT2D eigenvalue weighted by atomic mass is 10.2. The quantitative estimate of drug-likeness (QED) is 0.857. The number of aromatic hydroxyl groups is 1. The molecule has 0 bridgehead atoms. The Balaban J connectivity index is 2.99. The largest absolute Gasteiger partial charge is 0.506 e. The van der Waals surface area contributed by atoms with Crippen molar-refractivity contribution in [1.82, 2.24) is 4.90 Å². The first-order chi connectivity index (χ1) is 6.93. The van der Waals surface area contributed by atoms with E-state index in [2.05, 4.69) is 27.8 Å². The van der Waals surface area contributed by atoms with Gasteiger partial charge in [0.25, 0.3) is 0 Å². The van der Waals surface area contributed by atoms with Crippen molar-refractivity contribution in [3.05, 3.63) is 22.7 Å². The van der Waals surface area contributed by atoms with Gasteiger partial charge in [0.05, 0.1) is 11.9 Å². The van der Waals surface area contributed by atoms with Crippen LogP contribution in [0.2, 0.25) is 0 Å². The Hall–Kier alpha value is -0.740. The van der Waals surface area contributed by atoms with Crippen LogP contribution in [0.1, 0.15) is 6.92 Å². The fraction of sp³-hybridized carbons (Fsp3) is 0.455. The summed E-state index contributed by atoms with van der Waals surface area (Å²) in [5.74, 6) is 0.300. The van der Waals surface area contributed by atoms with Gasteiger partial charge in [-0.3, -0.25) is 4.90 Å². The zero-order valence-electron chi connectivity index (χ0n) is 9.53. The molecule has 0 aromatic heterocycles. The number of nitrogens with zero attached hydrogens (tertiary/aromatic N) is 2. The number of rotatable bonds is 3. The van der Waals surface area contributed by atoms with E-state index >= 15 is 0 Å². The van der Waals surface area contributed by atoms with Crippen molar-refractivity contribution < 1.29 is 5.11 Å². The SMILES string of the molecule is CC(N(C)C)N(C)c1cc(Br)ccc1O. The maximum Gasteiger partial charge on any atom is 0.138 e. The summed E-state index contributed by atoms with van der Waals surface area (Å²) in [7, 11) is 5.98. The van der Waals surface area contributed by atoms with E-state index < -0.39 is 0 Å². The molecule has 0 saturated carbocycles. The predicted molar refractivity (Wildman–Crippen MR) is 67.4 cm³/mol. The lowest BCUT2D eigenvalue weighted by Crippen LogP contribution is -2.40. The molecular weight excluding hydrogens is 256 g/mol. The molecule has 0 radical (unpaired) electrons. The first-order valence-corrected chi connectivity index (χ1v) is 5.60. The molecule has 15 heavy (non-hydrogen) atoms. The number of halogens is 1. The van der Waals surface area contributed by atoms with E-state index in [4.69, 9.17) is 0 Å². The fourth-order valence-corrected chi connectivity index (χ4v) is 1.68. The van der Waals surface area contributed by atoms with E-state index in [-0.39, 0.29) is 6.17 Å². The second-order valence-electron chi connectivity index (χ2n) is 3.84. The molecule has 1 rings (SSSR count). The van der Waals surface area contributed by atoms with Gasteiger partial charge in [-0.2, -0.15) is 0 Å². The van der Waals surface area contributed by atoms with Crippen LogP contribution < -0.4 is 4.90 Å². The van der Waals surface area contributed by atoms with Gasteiger partial charge in [0.1, 0.15) is 5.75 Å². The summed E-state index contributed by atoms with van der Waals surface area (Å²) < 4.78 is 0.966. The van der Waals surface area contributed by atoms with Gasteiger partial charge in [0, 0.05) is 11.5 Å². The molecule has 3 nitrogen and oxygen atoms in total. The number of benzene rings is 1. The lowest BCUT2D eigenvalue weighted by molar-refractivity contribution is 0.309. The van der Waals surface area contributed by atoms with Crippen molar-refractivity contribution in [1.29, 1.82) is 0 Å². The van der Waals surface area contributed by atoms with Crippen LogP contribution in [0.3, 0.4) is 0 Å². The van der Waals surface area contributed by atoms with Crippen molar-refractivity contribution in [3.63, 3.8) is 0 Å². The minimum absolute atomic E-state index is 0.227. The molecule has 1 aromatic carbocycles. The molecule has 1 N–H and O–H groups in total. The molecule has 84 valence electrons. The summed E-state index contributed by atoms with van der Waals surface area (Å²) in [5, 5.41) is 9.76. The van der Waals surface area contributed by atoms with Crippen molar-refractivity contribution in [2.75, 3.05) is 26.0 Å². The minimum atomic E-state index is 0.227. The van der Waals surface area contributed by atoms with E-state index in [1.54, 1.807) is 6.07 Å². The van der Waals surface area contributed by atoms with Gasteiger partial charge in [-0.15, -0.1) is 0 Å². The smallest absolute Gasteiger partial charge is 0.138 e. The Labute approximate surface area is 99.4 Å². The van der Waals surface area contributed by atoms with Crippen molar-refractivity contribution in [2.24, 2.45) is 0 Å². The molecule has 0 saturated heterocycles. The Morgan fingerprint density at radius 2 is 1.87 bits per heavy atom. The summed E-state index contributed by atoms with van der Waals surface area (Å²) in [6.45, 7) is 2.08. The molecule has 0 aliphatic heterocycles. The molecule has 4 heteroatoms. The normalized spacial score (nSPS) is 12.9. The maximum atomic E-state index is 9.76. The zero-order valence-corrected chi connectivity index (χ0v) is 11.1. The number of anilines is 1. The first kappa shape index (κ1) is 12.3. The second-order valence-corrected chi connectivity index (χ2v) is 4.76. The van der Waals surface area contributed by atoms with Crippen LogP contribution in [0.15, 0.2) is 22.7 Å². The van der Waals surface area contributed by atoms with Crippen LogP contribution in [0, 0.1) is 0 Å². The van der Waals surface area contributed by atoms with E-state index in [0.717, 1.165) is 10.2 Å². The predicted octanol–water partition coefficient (Wildman–Crippen LogP) is 2.50. The third-order valence-corrected chi connectivity index (χ3v) is 3.12. The van der Waals surface area contributed by atoms with Crippen LogP contribution in [-0.2, 0) is 0 Å². The highest BCUT2D eigenvalue weighted by Gasteiger charge is 2.15. The van der Waals surface area contributed by atoms with E-state index in [1.165, 1.54) is 0 Å². The van der Waals surface area contributed by atoms with Gasteiger partial charge in [-0.1, -0.05) is 15.9 Å². The van der Waals surface area contributed by atoms with Gasteiger partial charge >= 0.3 is 0 Å². The highest BCUT2D eigenvalue weighted by Crippen LogP contribution is 2.30. The van der Waals surface area contributed by atoms with Crippen LogP contribution in [-0.4, -0.2) is 37.3 Å². The third-order valence-electron chi connectivity index (χ3n) is 2.63. The average molecular weight is 273 g/mol. The minimum Gasteiger partial charge on any atom is -0.506 e. The highest BCUT2D eigenvalue weighted by molar-refractivity contribution is 9.10. The monoisotopic (exact) mass is 272 g/mol. The Bertz CT molecular complexity index is 341. The van der Waals surface area contributed by atoms with Crippen molar-refractivity contribution in [2.45, 2.75) is 13.1 Å². The second kappa shape index (κ2) is 4.86. The molecular formula is C11H17BrN2O. The zero-order chi connectivity index (χ0) is 11.6.